The quantitative estimate of drug-likeness (QED) is 0.923. The molecular weight excluding hydrogens is 252 g/mol. The summed E-state index contributed by atoms with van der Waals surface area (Å²) in [5.41, 5.74) is 0.970. The van der Waals surface area contributed by atoms with Crippen LogP contribution in [0.3, 0.4) is 0 Å². The van der Waals surface area contributed by atoms with E-state index in [1.165, 1.54) is 12.3 Å². The van der Waals surface area contributed by atoms with Gasteiger partial charge in [-0.15, -0.1) is 0 Å². The summed E-state index contributed by atoms with van der Waals surface area (Å²) in [5, 5.41) is 3.52. The van der Waals surface area contributed by atoms with Crippen molar-refractivity contribution >= 4 is 15.8 Å². The highest BCUT2D eigenvalue weighted by Gasteiger charge is 2.16. The molecule has 0 atom stereocenters. The Labute approximate surface area is 106 Å². The largest absolute Gasteiger partial charge is 0.363 e. The van der Waals surface area contributed by atoms with Crippen molar-refractivity contribution in [1.29, 1.82) is 0 Å². The number of sulfonamides is 1. The molecular formula is C12H14N2O3S. The first kappa shape index (κ1) is 12.6. The van der Waals surface area contributed by atoms with Crippen molar-refractivity contribution in [3.8, 4) is 0 Å². The zero-order valence-corrected chi connectivity index (χ0v) is 10.9. The lowest BCUT2D eigenvalue weighted by atomic mass is 10.0. The van der Waals surface area contributed by atoms with Gasteiger partial charge in [0, 0.05) is 6.07 Å². The highest BCUT2D eigenvalue weighted by Crippen LogP contribution is 2.20. The van der Waals surface area contributed by atoms with Crippen molar-refractivity contribution in [2.24, 2.45) is 0 Å². The Kier molecular flexibility index (Phi) is 3.38. The normalized spacial score (nSPS) is 11.7. The third-order valence-corrected chi connectivity index (χ3v) is 3.86. The molecule has 0 aliphatic heterocycles. The molecule has 1 aromatic carbocycles. The summed E-state index contributed by atoms with van der Waals surface area (Å²) in [7, 11) is -3.61. The molecule has 1 aromatic heterocycles. The number of hydrogen-bond donors (Lipinski definition) is 1. The summed E-state index contributed by atoms with van der Waals surface area (Å²) >= 11 is 0. The molecule has 0 saturated heterocycles. The van der Waals surface area contributed by atoms with Gasteiger partial charge >= 0.3 is 0 Å². The molecule has 18 heavy (non-hydrogen) atoms. The molecule has 0 aliphatic rings. The van der Waals surface area contributed by atoms with E-state index in [1.807, 2.05) is 19.9 Å². The van der Waals surface area contributed by atoms with E-state index in [0.717, 1.165) is 5.56 Å². The summed E-state index contributed by atoms with van der Waals surface area (Å²) in [6.45, 7) is 4.02. The van der Waals surface area contributed by atoms with E-state index >= 15 is 0 Å². The second-order valence-corrected chi connectivity index (χ2v) is 5.90. The van der Waals surface area contributed by atoms with Crippen LogP contribution < -0.4 is 4.72 Å². The fourth-order valence-electron chi connectivity index (χ4n) is 1.50. The maximum Gasteiger partial charge on any atom is 0.263 e. The lowest BCUT2D eigenvalue weighted by molar-refractivity contribution is 0.423. The monoisotopic (exact) mass is 266 g/mol. The second-order valence-electron chi connectivity index (χ2n) is 4.22. The van der Waals surface area contributed by atoms with Gasteiger partial charge in [0.25, 0.3) is 10.0 Å². The van der Waals surface area contributed by atoms with E-state index in [2.05, 4.69) is 14.4 Å². The van der Waals surface area contributed by atoms with Crippen LogP contribution in [0.2, 0.25) is 0 Å². The zero-order valence-electron chi connectivity index (χ0n) is 10.1. The van der Waals surface area contributed by atoms with E-state index in [-0.39, 0.29) is 16.6 Å². The number of aromatic nitrogens is 1. The minimum absolute atomic E-state index is 0.171. The molecule has 6 heteroatoms. The van der Waals surface area contributed by atoms with E-state index in [1.54, 1.807) is 18.2 Å². The molecule has 0 aliphatic carbocycles. The van der Waals surface area contributed by atoms with Crippen molar-refractivity contribution in [2.75, 3.05) is 4.72 Å². The average molecular weight is 266 g/mol. The van der Waals surface area contributed by atoms with Gasteiger partial charge in [0.1, 0.15) is 6.26 Å². The highest BCUT2D eigenvalue weighted by atomic mass is 32.2. The highest BCUT2D eigenvalue weighted by molar-refractivity contribution is 7.92. The molecule has 1 heterocycles. The van der Waals surface area contributed by atoms with Gasteiger partial charge in [-0.05, 0) is 23.6 Å². The smallest absolute Gasteiger partial charge is 0.263 e. The summed E-state index contributed by atoms with van der Waals surface area (Å²) in [5.74, 6) is 0.442. The Morgan fingerprint density at radius 3 is 2.67 bits per heavy atom. The summed E-state index contributed by atoms with van der Waals surface area (Å²) < 4.78 is 31.1. The van der Waals surface area contributed by atoms with Gasteiger partial charge in [0.15, 0.2) is 5.82 Å². The first-order chi connectivity index (χ1) is 8.49. The number of nitrogens with one attached hydrogen (secondary N) is 1. The fourth-order valence-corrected chi connectivity index (χ4v) is 2.55. The van der Waals surface area contributed by atoms with Crippen LogP contribution in [-0.4, -0.2) is 13.6 Å². The van der Waals surface area contributed by atoms with Gasteiger partial charge < -0.3 is 4.52 Å². The van der Waals surface area contributed by atoms with Crippen LogP contribution in [0.5, 0.6) is 0 Å². The van der Waals surface area contributed by atoms with Crippen molar-refractivity contribution in [2.45, 2.75) is 24.7 Å². The van der Waals surface area contributed by atoms with Crippen molar-refractivity contribution in [3.05, 3.63) is 42.2 Å². The summed E-state index contributed by atoms with van der Waals surface area (Å²) in [6.07, 6.45) is 1.31. The Morgan fingerprint density at radius 2 is 2.06 bits per heavy atom. The van der Waals surface area contributed by atoms with E-state index in [9.17, 15) is 8.42 Å². The van der Waals surface area contributed by atoms with Crippen molar-refractivity contribution in [3.63, 3.8) is 0 Å². The molecule has 0 spiro atoms. The van der Waals surface area contributed by atoms with Gasteiger partial charge in [-0.2, -0.15) is 0 Å². The Bertz CT molecular complexity index is 619. The number of anilines is 1. The number of hydrogen-bond acceptors (Lipinski definition) is 4. The minimum atomic E-state index is -3.61. The van der Waals surface area contributed by atoms with Crippen LogP contribution in [0.25, 0.3) is 0 Å². The van der Waals surface area contributed by atoms with Gasteiger partial charge in [-0.3, -0.25) is 4.72 Å². The molecule has 2 aromatic rings. The van der Waals surface area contributed by atoms with Crippen molar-refractivity contribution in [1.82, 2.24) is 5.16 Å². The molecule has 1 N–H and O–H groups in total. The number of benzene rings is 1. The predicted molar refractivity (Wildman–Crippen MR) is 67.8 cm³/mol. The van der Waals surface area contributed by atoms with Gasteiger partial charge in [0.2, 0.25) is 0 Å². The predicted octanol–water partition coefficient (Wildman–Crippen LogP) is 2.60. The third-order valence-electron chi connectivity index (χ3n) is 2.51. The zero-order chi connectivity index (χ0) is 13.2. The standard InChI is InChI=1S/C12H14N2O3S/c1-9(2)10-4-3-5-11(8-10)18(15,16)14-12-6-7-17-13-12/h3-9H,1-2H3,(H,13,14). The molecule has 0 bridgehead atoms. The number of rotatable bonds is 4. The molecule has 0 amide bonds. The first-order valence-electron chi connectivity index (χ1n) is 5.52. The fraction of sp³-hybridized carbons (Fsp3) is 0.250. The average Bonchev–Trinajstić information content (AvgIpc) is 2.81. The summed E-state index contributed by atoms with van der Waals surface area (Å²) in [6, 6.07) is 8.29. The Hall–Kier alpha value is -1.82. The van der Waals surface area contributed by atoms with Gasteiger partial charge in [-0.25, -0.2) is 8.42 Å². The van der Waals surface area contributed by atoms with E-state index < -0.39 is 10.0 Å². The molecule has 0 saturated carbocycles. The third kappa shape index (κ3) is 2.70. The van der Waals surface area contributed by atoms with Crippen LogP contribution in [-0.2, 0) is 10.0 Å². The van der Waals surface area contributed by atoms with E-state index in [0.29, 0.717) is 0 Å². The summed E-state index contributed by atoms with van der Waals surface area (Å²) in [4.78, 5) is 0.219. The maximum atomic E-state index is 12.1. The molecule has 0 fully saturated rings. The minimum Gasteiger partial charge on any atom is -0.363 e. The van der Waals surface area contributed by atoms with Crippen LogP contribution >= 0.6 is 0 Å². The Balaban J connectivity index is 2.32. The molecule has 96 valence electrons. The number of nitrogens with zero attached hydrogens (tertiary/aromatic N) is 1. The van der Waals surface area contributed by atoms with Gasteiger partial charge in [-0.1, -0.05) is 31.1 Å². The maximum absolute atomic E-state index is 12.1. The Morgan fingerprint density at radius 1 is 1.28 bits per heavy atom. The van der Waals surface area contributed by atoms with Gasteiger partial charge in [0.05, 0.1) is 4.90 Å². The van der Waals surface area contributed by atoms with Crippen LogP contribution in [0.15, 0.2) is 46.0 Å². The SMILES string of the molecule is CC(C)c1cccc(S(=O)(=O)Nc2ccon2)c1. The lowest BCUT2D eigenvalue weighted by Gasteiger charge is -2.09. The topological polar surface area (TPSA) is 72.2 Å². The lowest BCUT2D eigenvalue weighted by Crippen LogP contribution is -2.13. The second kappa shape index (κ2) is 4.81. The molecule has 5 nitrogen and oxygen atoms in total. The first-order valence-corrected chi connectivity index (χ1v) is 7.00. The molecule has 0 radical (unpaired) electrons. The van der Waals surface area contributed by atoms with Crippen molar-refractivity contribution < 1.29 is 12.9 Å². The molecule has 0 unspecified atom stereocenters. The molecule has 2 rings (SSSR count). The van der Waals surface area contributed by atoms with Crippen LogP contribution in [0.1, 0.15) is 25.3 Å². The van der Waals surface area contributed by atoms with Crippen LogP contribution in [0, 0.1) is 0 Å². The van der Waals surface area contributed by atoms with Crippen LogP contribution in [0.4, 0.5) is 5.82 Å². The van der Waals surface area contributed by atoms with E-state index in [4.69, 9.17) is 0 Å².